The van der Waals surface area contributed by atoms with E-state index in [-0.39, 0.29) is 19.1 Å². The van der Waals surface area contributed by atoms with E-state index in [0.717, 1.165) is 0 Å². The van der Waals surface area contributed by atoms with E-state index in [0.29, 0.717) is 21.3 Å². The van der Waals surface area contributed by atoms with Crippen molar-refractivity contribution in [1.29, 1.82) is 0 Å². The molecule has 0 aliphatic carbocycles. The number of amides is 1. The van der Waals surface area contributed by atoms with Gasteiger partial charge in [0.1, 0.15) is 6.54 Å². The third kappa shape index (κ3) is 3.73. The lowest BCUT2D eigenvalue weighted by atomic mass is 10.1. The SMILES string of the molecule is CCOC(=O)CNC(=O)c1cc(Br)cc(N)c1C. The van der Waals surface area contributed by atoms with E-state index >= 15 is 0 Å². The smallest absolute Gasteiger partial charge is 0.325 e. The Labute approximate surface area is 114 Å². The summed E-state index contributed by atoms with van der Waals surface area (Å²) in [5.41, 5.74) is 7.40. The summed E-state index contributed by atoms with van der Waals surface area (Å²) in [6.07, 6.45) is 0. The van der Waals surface area contributed by atoms with Gasteiger partial charge in [-0.05, 0) is 31.5 Å². The molecule has 0 heterocycles. The van der Waals surface area contributed by atoms with E-state index in [2.05, 4.69) is 21.2 Å². The van der Waals surface area contributed by atoms with Crippen LogP contribution in [0.2, 0.25) is 0 Å². The van der Waals surface area contributed by atoms with Crippen LogP contribution in [0.25, 0.3) is 0 Å². The largest absolute Gasteiger partial charge is 0.465 e. The van der Waals surface area contributed by atoms with Crippen molar-refractivity contribution in [1.82, 2.24) is 5.32 Å². The Morgan fingerprint density at radius 1 is 1.44 bits per heavy atom. The van der Waals surface area contributed by atoms with Crippen molar-refractivity contribution in [3.63, 3.8) is 0 Å². The lowest BCUT2D eigenvalue weighted by Crippen LogP contribution is -2.31. The number of hydrogen-bond acceptors (Lipinski definition) is 4. The van der Waals surface area contributed by atoms with Gasteiger partial charge in [0.25, 0.3) is 5.91 Å². The van der Waals surface area contributed by atoms with Crippen molar-refractivity contribution in [3.05, 3.63) is 27.7 Å². The Bertz CT molecular complexity index is 475. The van der Waals surface area contributed by atoms with Gasteiger partial charge in [-0.2, -0.15) is 0 Å². The zero-order valence-corrected chi connectivity index (χ0v) is 11.8. The molecule has 0 saturated heterocycles. The highest BCUT2D eigenvalue weighted by molar-refractivity contribution is 9.10. The molecule has 0 spiro atoms. The Balaban J connectivity index is 2.76. The van der Waals surface area contributed by atoms with Gasteiger partial charge < -0.3 is 15.8 Å². The number of esters is 1. The fraction of sp³-hybridized carbons (Fsp3) is 0.333. The van der Waals surface area contributed by atoms with Crippen molar-refractivity contribution >= 4 is 33.5 Å². The summed E-state index contributed by atoms with van der Waals surface area (Å²) in [4.78, 5) is 23.0. The molecule has 3 N–H and O–H groups in total. The summed E-state index contributed by atoms with van der Waals surface area (Å²) >= 11 is 3.27. The monoisotopic (exact) mass is 314 g/mol. The second-order valence-corrected chi connectivity index (χ2v) is 4.57. The fourth-order valence-electron chi connectivity index (χ4n) is 1.40. The first-order valence-electron chi connectivity index (χ1n) is 5.45. The molecule has 0 radical (unpaired) electrons. The molecule has 5 nitrogen and oxygen atoms in total. The van der Waals surface area contributed by atoms with Gasteiger partial charge in [0.15, 0.2) is 0 Å². The number of ether oxygens (including phenoxy) is 1. The second-order valence-electron chi connectivity index (χ2n) is 3.66. The van der Waals surface area contributed by atoms with Crippen molar-refractivity contribution < 1.29 is 14.3 Å². The quantitative estimate of drug-likeness (QED) is 0.654. The molecule has 0 atom stereocenters. The molecule has 0 aliphatic heterocycles. The molecule has 1 rings (SSSR count). The van der Waals surface area contributed by atoms with Gasteiger partial charge in [-0.25, -0.2) is 0 Å². The molecule has 0 bridgehead atoms. The number of carbonyl (C=O) groups is 2. The maximum atomic E-state index is 11.9. The van der Waals surface area contributed by atoms with Crippen LogP contribution in [0.5, 0.6) is 0 Å². The van der Waals surface area contributed by atoms with Crippen molar-refractivity contribution in [2.45, 2.75) is 13.8 Å². The number of anilines is 1. The first-order valence-corrected chi connectivity index (χ1v) is 6.24. The summed E-state index contributed by atoms with van der Waals surface area (Å²) < 4.78 is 5.43. The van der Waals surface area contributed by atoms with Crippen LogP contribution in [-0.4, -0.2) is 25.0 Å². The molecular formula is C12H15BrN2O3. The van der Waals surface area contributed by atoms with Gasteiger partial charge in [-0.15, -0.1) is 0 Å². The molecule has 0 aromatic heterocycles. The molecule has 0 unspecified atom stereocenters. The molecule has 18 heavy (non-hydrogen) atoms. The van der Waals surface area contributed by atoms with Crippen molar-refractivity contribution in [2.24, 2.45) is 0 Å². The van der Waals surface area contributed by atoms with Crippen molar-refractivity contribution in [2.75, 3.05) is 18.9 Å². The molecule has 1 aromatic carbocycles. The Morgan fingerprint density at radius 2 is 2.11 bits per heavy atom. The minimum Gasteiger partial charge on any atom is -0.465 e. The summed E-state index contributed by atoms with van der Waals surface area (Å²) in [5, 5.41) is 2.49. The number of nitrogens with two attached hydrogens (primary N) is 1. The summed E-state index contributed by atoms with van der Waals surface area (Å²) in [6.45, 7) is 3.59. The fourth-order valence-corrected chi connectivity index (χ4v) is 1.87. The van der Waals surface area contributed by atoms with Gasteiger partial charge in [0.2, 0.25) is 0 Å². The Hall–Kier alpha value is -1.56. The number of nitrogen functional groups attached to an aromatic ring is 1. The first-order chi connectivity index (χ1) is 8.45. The van der Waals surface area contributed by atoms with Gasteiger partial charge in [-0.3, -0.25) is 9.59 Å². The van der Waals surface area contributed by atoms with Crippen LogP contribution < -0.4 is 11.1 Å². The molecular weight excluding hydrogens is 300 g/mol. The predicted octanol–water partition coefficient (Wildman–Crippen LogP) is 1.63. The normalized spacial score (nSPS) is 9.94. The third-order valence-electron chi connectivity index (χ3n) is 2.36. The van der Waals surface area contributed by atoms with Crippen molar-refractivity contribution in [3.8, 4) is 0 Å². The highest BCUT2D eigenvalue weighted by atomic mass is 79.9. The number of nitrogens with one attached hydrogen (secondary N) is 1. The Kier molecular flexibility index (Phi) is 5.15. The molecule has 0 aliphatic rings. The number of benzene rings is 1. The van der Waals surface area contributed by atoms with E-state index in [4.69, 9.17) is 10.5 Å². The number of hydrogen-bond donors (Lipinski definition) is 2. The number of carbonyl (C=O) groups excluding carboxylic acids is 2. The zero-order valence-electron chi connectivity index (χ0n) is 10.2. The third-order valence-corrected chi connectivity index (χ3v) is 2.81. The van der Waals surface area contributed by atoms with Gasteiger partial charge >= 0.3 is 5.97 Å². The molecule has 6 heteroatoms. The van der Waals surface area contributed by atoms with Crippen LogP contribution in [0.3, 0.4) is 0 Å². The standard InChI is InChI=1S/C12H15BrN2O3/c1-3-18-11(16)6-15-12(17)9-4-8(13)5-10(14)7(9)2/h4-5H,3,6,14H2,1-2H3,(H,15,17). The second kappa shape index (κ2) is 6.39. The van der Waals surface area contributed by atoms with E-state index in [1.165, 1.54) is 0 Å². The Morgan fingerprint density at radius 3 is 2.72 bits per heavy atom. The van der Waals surface area contributed by atoms with Gasteiger partial charge in [0.05, 0.1) is 6.61 Å². The average molecular weight is 315 g/mol. The summed E-state index contributed by atoms with van der Waals surface area (Å²) in [5.74, 6) is -0.819. The van der Waals surface area contributed by atoms with E-state index in [1.54, 1.807) is 26.0 Å². The molecule has 98 valence electrons. The lowest BCUT2D eigenvalue weighted by Gasteiger charge is -2.10. The van der Waals surface area contributed by atoms with Crippen LogP contribution >= 0.6 is 15.9 Å². The molecule has 0 fully saturated rings. The topological polar surface area (TPSA) is 81.4 Å². The maximum absolute atomic E-state index is 11.9. The molecule has 0 saturated carbocycles. The van der Waals surface area contributed by atoms with Crippen LogP contribution in [-0.2, 0) is 9.53 Å². The minimum absolute atomic E-state index is 0.154. The van der Waals surface area contributed by atoms with Crippen LogP contribution in [0.15, 0.2) is 16.6 Å². The van der Waals surface area contributed by atoms with E-state index in [1.807, 2.05) is 0 Å². The zero-order chi connectivity index (χ0) is 13.7. The van der Waals surface area contributed by atoms with Crippen LogP contribution in [0, 0.1) is 6.92 Å². The van der Waals surface area contributed by atoms with E-state index < -0.39 is 5.97 Å². The maximum Gasteiger partial charge on any atom is 0.325 e. The van der Waals surface area contributed by atoms with Crippen LogP contribution in [0.1, 0.15) is 22.8 Å². The van der Waals surface area contributed by atoms with Gasteiger partial charge in [-0.1, -0.05) is 15.9 Å². The van der Waals surface area contributed by atoms with Gasteiger partial charge in [0, 0.05) is 15.7 Å². The highest BCUT2D eigenvalue weighted by Gasteiger charge is 2.13. The first kappa shape index (κ1) is 14.5. The minimum atomic E-state index is -0.466. The lowest BCUT2D eigenvalue weighted by molar-refractivity contribution is -0.141. The summed E-state index contributed by atoms with van der Waals surface area (Å²) in [6, 6.07) is 3.38. The molecule has 1 aromatic rings. The number of rotatable bonds is 4. The number of halogens is 1. The van der Waals surface area contributed by atoms with Crippen LogP contribution in [0.4, 0.5) is 5.69 Å². The summed E-state index contributed by atoms with van der Waals surface area (Å²) in [7, 11) is 0. The average Bonchev–Trinajstić information content (AvgIpc) is 2.31. The van der Waals surface area contributed by atoms with E-state index in [9.17, 15) is 9.59 Å². The highest BCUT2D eigenvalue weighted by Crippen LogP contribution is 2.22. The predicted molar refractivity (Wildman–Crippen MR) is 72.3 cm³/mol. The molecule has 1 amide bonds.